The van der Waals surface area contributed by atoms with E-state index in [9.17, 15) is 4.79 Å². The SMILES string of the molecule is N#CCCn1cc(C(=O)CN2CCCC(c3nc4ccccc4o3)C2)c2ccccc21. The zero-order valence-corrected chi connectivity index (χ0v) is 17.3. The van der Waals surface area contributed by atoms with Crippen molar-refractivity contribution in [3.63, 3.8) is 0 Å². The number of Topliss-reactive ketones (excluding diaryl/α,β-unsaturated/α-hetero) is 1. The molecule has 0 bridgehead atoms. The Kier molecular flexibility index (Phi) is 5.27. The number of aryl methyl sites for hydroxylation is 1. The number of fused-ring (bicyclic) bond motifs is 2. The molecule has 4 aromatic rings. The van der Waals surface area contributed by atoms with E-state index in [2.05, 4.69) is 16.0 Å². The van der Waals surface area contributed by atoms with Crippen LogP contribution in [0.4, 0.5) is 0 Å². The van der Waals surface area contributed by atoms with Gasteiger partial charge in [-0.05, 0) is 37.6 Å². The van der Waals surface area contributed by atoms with Crippen LogP contribution in [0.1, 0.15) is 41.4 Å². The van der Waals surface area contributed by atoms with Crippen LogP contribution in [0.2, 0.25) is 0 Å². The average Bonchev–Trinajstić information content (AvgIpc) is 3.40. The van der Waals surface area contributed by atoms with Gasteiger partial charge in [0.05, 0.1) is 19.0 Å². The summed E-state index contributed by atoms with van der Waals surface area (Å²) in [7, 11) is 0. The predicted octanol–water partition coefficient (Wildman–Crippen LogP) is 4.76. The number of likely N-dealkylation sites (tertiary alicyclic amines) is 1. The lowest BCUT2D eigenvalue weighted by molar-refractivity contribution is 0.0902. The third-order valence-corrected chi connectivity index (χ3v) is 6.09. The van der Waals surface area contributed by atoms with Crippen LogP contribution >= 0.6 is 0 Å². The maximum Gasteiger partial charge on any atom is 0.199 e. The van der Waals surface area contributed by atoms with Gasteiger partial charge in [0.25, 0.3) is 0 Å². The smallest absolute Gasteiger partial charge is 0.199 e. The molecule has 156 valence electrons. The summed E-state index contributed by atoms with van der Waals surface area (Å²) < 4.78 is 8.01. The minimum absolute atomic E-state index is 0.116. The van der Waals surface area contributed by atoms with Crippen LogP contribution in [0.5, 0.6) is 0 Å². The molecule has 1 unspecified atom stereocenters. The number of nitriles is 1. The van der Waals surface area contributed by atoms with E-state index in [0.29, 0.717) is 19.5 Å². The van der Waals surface area contributed by atoms with Crippen molar-refractivity contribution in [3.8, 4) is 6.07 Å². The molecule has 1 fully saturated rings. The zero-order chi connectivity index (χ0) is 21.2. The van der Waals surface area contributed by atoms with Crippen LogP contribution in [0.3, 0.4) is 0 Å². The molecule has 0 N–H and O–H groups in total. The molecule has 6 nitrogen and oxygen atoms in total. The highest BCUT2D eigenvalue weighted by molar-refractivity contribution is 6.09. The first-order chi connectivity index (χ1) is 15.2. The van der Waals surface area contributed by atoms with Crippen LogP contribution in [0.15, 0.2) is 59.1 Å². The molecular weight excluding hydrogens is 388 g/mol. The molecule has 31 heavy (non-hydrogen) atoms. The summed E-state index contributed by atoms with van der Waals surface area (Å²) >= 11 is 0. The second kappa shape index (κ2) is 8.37. The number of piperidine rings is 1. The van der Waals surface area contributed by atoms with Crippen LogP contribution in [-0.2, 0) is 6.54 Å². The molecule has 3 heterocycles. The monoisotopic (exact) mass is 412 g/mol. The summed E-state index contributed by atoms with van der Waals surface area (Å²) in [6.45, 7) is 2.64. The minimum atomic E-state index is 0.116. The third kappa shape index (κ3) is 3.85. The number of hydrogen-bond acceptors (Lipinski definition) is 5. The second-order valence-corrected chi connectivity index (χ2v) is 8.18. The van der Waals surface area contributed by atoms with Gasteiger partial charge in [-0.1, -0.05) is 30.3 Å². The van der Waals surface area contributed by atoms with E-state index in [4.69, 9.17) is 9.68 Å². The lowest BCUT2D eigenvalue weighted by Crippen LogP contribution is -2.38. The van der Waals surface area contributed by atoms with E-state index in [1.54, 1.807) is 0 Å². The number of hydrogen-bond donors (Lipinski definition) is 0. The van der Waals surface area contributed by atoms with Crippen molar-refractivity contribution in [2.24, 2.45) is 0 Å². The van der Waals surface area contributed by atoms with Gasteiger partial charge in [0.1, 0.15) is 5.52 Å². The number of aromatic nitrogens is 2. The second-order valence-electron chi connectivity index (χ2n) is 8.18. The highest BCUT2D eigenvalue weighted by atomic mass is 16.3. The number of ketones is 1. The molecule has 5 rings (SSSR count). The van der Waals surface area contributed by atoms with Gasteiger partial charge in [0, 0.05) is 41.7 Å². The standard InChI is InChI=1S/C25H24N4O2/c26-12-6-14-29-16-20(19-8-1-3-10-22(19)29)23(30)17-28-13-5-7-18(15-28)25-27-21-9-2-4-11-24(21)31-25/h1-4,8-11,16,18H,5-7,13-15,17H2. The fourth-order valence-electron chi connectivity index (χ4n) is 4.58. The Morgan fingerprint density at radius 2 is 2.03 bits per heavy atom. The highest BCUT2D eigenvalue weighted by Gasteiger charge is 2.27. The molecule has 1 saturated heterocycles. The first kappa shape index (κ1) is 19.5. The van der Waals surface area contributed by atoms with Crippen molar-refractivity contribution >= 4 is 27.8 Å². The number of para-hydroxylation sites is 3. The molecule has 0 saturated carbocycles. The van der Waals surface area contributed by atoms with Crippen molar-refractivity contribution < 1.29 is 9.21 Å². The average molecular weight is 412 g/mol. The Morgan fingerprint density at radius 1 is 1.19 bits per heavy atom. The highest BCUT2D eigenvalue weighted by Crippen LogP contribution is 2.29. The lowest BCUT2D eigenvalue weighted by atomic mass is 9.97. The van der Waals surface area contributed by atoms with E-state index >= 15 is 0 Å². The molecule has 0 aliphatic carbocycles. The maximum absolute atomic E-state index is 13.2. The van der Waals surface area contributed by atoms with Gasteiger partial charge < -0.3 is 8.98 Å². The first-order valence-corrected chi connectivity index (χ1v) is 10.8. The minimum Gasteiger partial charge on any atom is -0.440 e. The maximum atomic E-state index is 13.2. The summed E-state index contributed by atoms with van der Waals surface area (Å²) in [6.07, 6.45) is 4.36. The van der Waals surface area contributed by atoms with Crippen molar-refractivity contribution in [2.75, 3.05) is 19.6 Å². The van der Waals surface area contributed by atoms with Gasteiger partial charge in [-0.3, -0.25) is 9.69 Å². The molecular formula is C25H24N4O2. The Morgan fingerprint density at radius 3 is 2.90 bits per heavy atom. The summed E-state index contributed by atoms with van der Waals surface area (Å²) in [5.74, 6) is 1.09. The fraction of sp³-hybridized carbons (Fsp3) is 0.320. The number of nitrogens with zero attached hydrogens (tertiary/aromatic N) is 4. The molecule has 0 amide bonds. The van der Waals surface area contributed by atoms with Gasteiger partial charge in [0.2, 0.25) is 0 Å². The van der Waals surface area contributed by atoms with E-state index < -0.39 is 0 Å². The number of oxazole rings is 1. The van der Waals surface area contributed by atoms with E-state index in [1.807, 2.05) is 59.3 Å². The molecule has 1 aliphatic rings. The molecule has 0 spiro atoms. The molecule has 1 atom stereocenters. The van der Waals surface area contributed by atoms with E-state index in [0.717, 1.165) is 59.4 Å². The van der Waals surface area contributed by atoms with Gasteiger partial charge in [0.15, 0.2) is 17.3 Å². The van der Waals surface area contributed by atoms with Gasteiger partial charge in [-0.25, -0.2) is 4.98 Å². The molecule has 2 aromatic heterocycles. The van der Waals surface area contributed by atoms with Crippen LogP contribution in [0, 0.1) is 11.3 Å². The summed E-state index contributed by atoms with van der Waals surface area (Å²) in [5, 5.41) is 9.90. The first-order valence-electron chi connectivity index (χ1n) is 10.8. The molecule has 2 aromatic carbocycles. The normalized spacial score (nSPS) is 17.2. The predicted molar refractivity (Wildman–Crippen MR) is 119 cm³/mol. The van der Waals surface area contributed by atoms with Crippen molar-refractivity contribution in [2.45, 2.75) is 31.7 Å². The lowest BCUT2D eigenvalue weighted by Gasteiger charge is -2.30. The van der Waals surface area contributed by atoms with Crippen molar-refractivity contribution in [1.82, 2.24) is 14.5 Å². The zero-order valence-electron chi connectivity index (χ0n) is 17.3. The summed E-state index contributed by atoms with van der Waals surface area (Å²) in [6, 6.07) is 17.9. The number of benzene rings is 2. The topological polar surface area (TPSA) is 75.1 Å². The van der Waals surface area contributed by atoms with Crippen molar-refractivity contribution in [3.05, 3.63) is 66.2 Å². The number of carbonyl (C=O) groups is 1. The molecule has 1 aliphatic heterocycles. The van der Waals surface area contributed by atoms with Crippen LogP contribution in [-0.4, -0.2) is 39.9 Å². The largest absolute Gasteiger partial charge is 0.440 e. The van der Waals surface area contributed by atoms with Crippen LogP contribution < -0.4 is 0 Å². The summed E-state index contributed by atoms with van der Waals surface area (Å²) in [5.41, 5.74) is 3.44. The Balaban J connectivity index is 1.34. The van der Waals surface area contributed by atoms with Gasteiger partial charge in [-0.15, -0.1) is 0 Å². The quantitative estimate of drug-likeness (QED) is 0.427. The molecule has 6 heteroatoms. The Bertz CT molecular complexity index is 1250. The number of rotatable bonds is 6. The van der Waals surface area contributed by atoms with Crippen LogP contribution in [0.25, 0.3) is 22.0 Å². The van der Waals surface area contributed by atoms with Gasteiger partial charge >= 0.3 is 0 Å². The Hall–Kier alpha value is -3.43. The third-order valence-electron chi connectivity index (χ3n) is 6.09. The van der Waals surface area contributed by atoms with E-state index in [1.165, 1.54) is 0 Å². The summed E-state index contributed by atoms with van der Waals surface area (Å²) in [4.78, 5) is 20.1. The Labute approximate surface area is 180 Å². The number of carbonyl (C=O) groups excluding carboxylic acids is 1. The molecule has 0 radical (unpaired) electrons. The fourth-order valence-corrected chi connectivity index (χ4v) is 4.58. The van der Waals surface area contributed by atoms with Crippen molar-refractivity contribution in [1.29, 1.82) is 5.26 Å². The van der Waals surface area contributed by atoms with E-state index in [-0.39, 0.29) is 11.7 Å². The van der Waals surface area contributed by atoms with Gasteiger partial charge in [-0.2, -0.15) is 5.26 Å².